The van der Waals surface area contributed by atoms with Gasteiger partial charge in [-0.05, 0) is 101 Å². The van der Waals surface area contributed by atoms with Crippen molar-refractivity contribution in [3.63, 3.8) is 0 Å². The highest BCUT2D eigenvalue weighted by Gasteiger charge is 2.57. The van der Waals surface area contributed by atoms with Crippen LogP contribution in [-0.2, 0) is 14.3 Å². The molecular weight excluding hydrogens is 538 g/mol. The third-order valence-electron chi connectivity index (χ3n) is 11.2. The molecular formula is C36H49N3O4. The molecule has 0 spiro atoms. The number of aromatic nitrogens is 2. The lowest BCUT2D eigenvalue weighted by Gasteiger charge is -2.57. The van der Waals surface area contributed by atoms with Crippen LogP contribution in [0.2, 0.25) is 0 Å². The minimum Gasteiger partial charge on any atom is -0.461 e. The summed E-state index contributed by atoms with van der Waals surface area (Å²) in [6.07, 6.45) is 13.6. The lowest BCUT2D eigenvalue weighted by Crippen LogP contribution is -2.51. The van der Waals surface area contributed by atoms with Gasteiger partial charge in [-0.25, -0.2) is 14.6 Å². The van der Waals surface area contributed by atoms with Gasteiger partial charge in [-0.1, -0.05) is 57.6 Å². The molecule has 232 valence electrons. The molecule has 1 aromatic carbocycles. The van der Waals surface area contributed by atoms with E-state index in [9.17, 15) is 9.59 Å². The number of hydrogen-bond donors (Lipinski definition) is 1. The Labute approximate surface area is 256 Å². The molecule has 4 aliphatic carbocycles. The van der Waals surface area contributed by atoms with Crippen LogP contribution in [0.1, 0.15) is 93.4 Å². The Hall–Kier alpha value is -3.09. The Morgan fingerprint density at radius 3 is 2.51 bits per heavy atom. The van der Waals surface area contributed by atoms with Gasteiger partial charge in [0.1, 0.15) is 24.1 Å². The summed E-state index contributed by atoms with van der Waals surface area (Å²) >= 11 is 0. The molecule has 4 aliphatic rings. The van der Waals surface area contributed by atoms with Crippen molar-refractivity contribution in [3.8, 4) is 0 Å². The van der Waals surface area contributed by atoms with E-state index >= 15 is 0 Å². The van der Waals surface area contributed by atoms with Gasteiger partial charge in [0.2, 0.25) is 0 Å². The number of allylic oxidation sites excluding steroid dienone is 3. The van der Waals surface area contributed by atoms with E-state index in [2.05, 4.69) is 60.1 Å². The Bertz CT molecular complexity index is 1460. The van der Waals surface area contributed by atoms with Gasteiger partial charge in [0.25, 0.3) is 0 Å². The van der Waals surface area contributed by atoms with Crippen LogP contribution < -0.4 is 5.32 Å². The zero-order chi connectivity index (χ0) is 30.7. The summed E-state index contributed by atoms with van der Waals surface area (Å²) in [6.45, 7) is 14.2. The molecule has 0 aliphatic heterocycles. The van der Waals surface area contributed by atoms with Crippen molar-refractivity contribution in [2.24, 2.45) is 34.5 Å². The lowest BCUT2D eigenvalue weighted by atomic mass is 9.47. The first-order valence-corrected chi connectivity index (χ1v) is 16.3. The van der Waals surface area contributed by atoms with Crippen LogP contribution in [0.25, 0.3) is 16.7 Å². The average Bonchev–Trinajstić information content (AvgIpc) is 3.51. The second kappa shape index (κ2) is 10.8. The first-order valence-electron chi connectivity index (χ1n) is 16.3. The van der Waals surface area contributed by atoms with Gasteiger partial charge in [0.05, 0.1) is 11.0 Å². The number of hydrogen-bond acceptors (Lipinski definition) is 5. The number of esters is 1. The number of amides is 1. The first-order chi connectivity index (χ1) is 20.3. The van der Waals surface area contributed by atoms with Gasteiger partial charge in [-0.15, -0.1) is 0 Å². The van der Waals surface area contributed by atoms with E-state index in [1.807, 2.05) is 40.9 Å². The molecule has 2 saturated carbocycles. The van der Waals surface area contributed by atoms with Crippen LogP contribution in [0.15, 0.2) is 48.3 Å². The Kier molecular flexibility index (Phi) is 7.53. The third-order valence-corrected chi connectivity index (χ3v) is 11.2. The fourth-order valence-corrected chi connectivity index (χ4v) is 8.97. The second-order valence-electron chi connectivity index (χ2n) is 15.3. The minimum atomic E-state index is -0.736. The molecule has 1 heterocycles. The molecule has 4 unspecified atom stereocenters. The minimum absolute atomic E-state index is 0.106. The van der Waals surface area contributed by atoms with Crippen molar-refractivity contribution in [2.45, 2.75) is 111 Å². The van der Waals surface area contributed by atoms with E-state index in [0.717, 1.165) is 37.6 Å². The molecule has 6 rings (SSSR count). The number of alkyl carbamates (subject to hydrolysis) is 1. The molecule has 0 saturated heterocycles. The highest BCUT2D eigenvalue weighted by atomic mass is 16.6. The summed E-state index contributed by atoms with van der Waals surface area (Å²) in [5.74, 6) is 1.45. The third kappa shape index (κ3) is 5.31. The van der Waals surface area contributed by atoms with Crippen LogP contribution >= 0.6 is 0 Å². The number of nitrogens with zero attached hydrogens (tertiary/aromatic N) is 2. The zero-order valence-corrected chi connectivity index (χ0v) is 27.0. The maximum atomic E-state index is 13.3. The predicted molar refractivity (Wildman–Crippen MR) is 169 cm³/mol. The summed E-state index contributed by atoms with van der Waals surface area (Å²) < 4.78 is 13.8. The molecule has 2 fully saturated rings. The molecule has 0 radical (unpaired) electrons. The van der Waals surface area contributed by atoms with Crippen LogP contribution in [0.4, 0.5) is 4.79 Å². The number of imidazole rings is 1. The van der Waals surface area contributed by atoms with Crippen molar-refractivity contribution < 1.29 is 19.1 Å². The number of carbonyl (C=O) groups excluding carboxylic acids is 2. The normalized spacial score (nSPS) is 32.7. The summed E-state index contributed by atoms with van der Waals surface area (Å²) in [6, 6.07) is 7.71. The zero-order valence-electron chi connectivity index (χ0n) is 27.0. The number of ether oxygens (including phenoxy) is 2. The standard InChI is InChI=1S/C36H49N3O4/c1-22(2)31(38-33(41)43-34(3,4)5)32(40)42-24-16-18-35(6)23(20-24)12-13-25-26-14-15-30(36(26,7)19-17-27(25)35)39-21-37-28-10-8-9-11-29(28)39/h8-12,15,21-22,24-27,31H,13-14,16-20H2,1-7H3,(H,38,41)/t24-,25?,26?,27?,31?,35-,36-/m0/s1. The van der Waals surface area contributed by atoms with E-state index in [1.165, 1.54) is 29.6 Å². The van der Waals surface area contributed by atoms with E-state index in [-0.39, 0.29) is 28.8 Å². The smallest absolute Gasteiger partial charge is 0.408 e. The Balaban J connectivity index is 1.14. The first kappa shape index (κ1) is 30.0. The van der Waals surface area contributed by atoms with Crippen LogP contribution in [0.5, 0.6) is 0 Å². The molecule has 7 nitrogen and oxygen atoms in total. The highest BCUT2D eigenvalue weighted by molar-refractivity contribution is 5.82. The number of nitrogens with one attached hydrogen (secondary N) is 1. The van der Waals surface area contributed by atoms with E-state index < -0.39 is 17.7 Å². The van der Waals surface area contributed by atoms with Crippen molar-refractivity contribution in [2.75, 3.05) is 0 Å². The van der Waals surface area contributed by atoms with Crippen LogP contribution in [-0.4, -0.2) is 39.4 Å². The lowest BCUT2D eigenvalue weighted by molar-refractivity contribution is -0.155. The fourth-order valence-electron chi connectivity index (χ4n) is 8.97. The Morgan fingerprint density at radius 2 is 1.77 bits per heavy atom. The Morgan fingerprint density at radius 1 is 1.02 bits per heavy atom. The van der Waals surface area contributed by atoms with E-state index in [1.54, 1.807) is 0 Å². The predicted octanol–water partition coefficient (Wildman–Crippen LogP) is 7.91. The summed E-state index contributed by atoms with van der Waals surface area (Å²) in [5.41, 5.74) is 4.81. The number of benzene rings is 1. The summed E-state index contributed by atoms with van der Waals surface area (Å²) in [4.78, 5) is 30.4. The molecule has 1 aromatic heterocycles. The van der Waals surface area contributed by atoms with Crippen molar-refractivity contribution in [1.29, 1.82) is 0 Å². The van der Waals surface area contributed by atoms with Gasteiger partial charge >= 0.3 is 12.1 Å². The van der Waals surface area contributed by atoms with E-state index in [0.29, 0.717) is 17.8 Å². The SMILES string of the molecule is CC(C)C(NC(=O)OC(C)(C)C)C(=O)O[C@H]1CC[C@@]2(C)C(=CCC3C2CC[C@]2(C)C(n4cnc5ccccc54)=CCC32)C1. The number of carbonyl (C=O) groups is 2. The van der Waals surface area contributed by atoms with Crippen molar-refractivity contribution >= 4 is 28.8 Å². The maximum absolute atomic E-state index is 13.3. The fraction of sp³-hybridized carbons (Fsp3) is 0.639. The van der Waals surface area contributed by atoms with Crippen LogP contribution in [0, 0.1) is 34.5 Å². The number of rotatable bonds is 5. The molecule has 1 N–H and O–H groups in total. The van der Waals surface area contributed by atoms with Gasteiger partial charge < -0.3 is 19.4 Å². The second-order valence-corrected chi connectivity index (χ2v) is 15.3. The molecule has 2 aromatic rings. The molecule has 1 amide bonds. The van der Waals surface area contributed by atoms with Crippen molar-refractivity contribution in [3.05, 3.63) is 48.3 Å². The largest absolute Gasteiger partial charge is 0.461 e. The van der Waals surface area contributed by atoms with E-state index in [4.69, 9.17) is 14.5 Å². The molecule has 0 bridgehead atoms. The monoisotopic (exact) mass is 587 g/mol. The number of fused-ring (bicyclic) bond motifs is 6. The maximum Gasteiger partial charge on any atom is 0.408 e. The number of para-hydroxylation sites is 2. The van der Waals surface area contributed by atoms with Gasteiger partial charge in [-0.3, -0.25) is 0 Å². The summed E-state index contributed by atoms with van der Waals surface area (Å²) in [7, 11) is 0. The van der Waals surface area contributed by atoms with Crippen LogP contribution in [0.3, 0.4) is 0 Å². The molecule has 43 heavy (non-hydrogen) atoms. The molecule has 7 atom stereocenters. The van der Waals surface area contributed by atoms with Gasteiger partial charge in [0.15, 0.2) is 0 Å². The topological polar surface area (TPSA) is 82.5 Å². The van der Waals surface area contributed by atoms with Gasteiger partial charge in [-0.2, -0.15) is 0 Å². The quantitative estimate of drug-likeness (QED) is 0.284. The molecule has 7 heteroatoms. The average molecular weight is 588 g/mol. The highest BCUT2D eigenvalue weighted by Crippen LogP contribution is 2.65. The summed E-state index contributed by atoms with van der Waals surface area (Å²) in [5, 5.41) is 2.75. The van der Waals surface area contributed by atoms with Gasteiger partial charge in [0, 0.05) is 17.5 Å². The van der Waals surface area contributed by atoms with Crippen molar-refractivity contribution in [1.82, 2.24) is 14.9 Å².